The first-order chi connectivity index (χ1) is 14.1. The number of carbonyl (C=O) groups is 1. The number of carbonyl (C=O) groups excluding carboxylic acids is 1. The highest BCUT2D eigenvalue weighted by Gasteiger charge is 2.25. The van der Waals surface area contributed by atoms with Crippen molar-refractivity contribution in [3.8, 4) is 0 Å². The van der Waals surface area contributed by atoms with Crippen molar-refractivity contribution in [1.82, 2.24) is 24.5 Å². The molecule has 1 amide bonds. The minimum atomic E-state index is -0.156. The number of aryl methyl sites for hydroxylation is 2. The van der Waals surface area contributed by atoms with Gasteiger partial charge in [0.05, 0.1) is 29.9 Å². The molecule has 0 radical (unpaired) electrons. The van der Waals surface area contributed by atoms with Gasteiger partial charge < -0.3 is 5.32 Å². The van der Waals surface area contributed by atoms with Gasteiger partial charge in [0.25, 0.3) is 5.91 Å². The maximum atomic E-state index is 13.2. The molecule has 148 valence electrons. The smallest absolute Gasteiger partial charge is 0.257 e. The van der Waals surface area contributed by atoms with Gasteiger partial charge in [0.15, 0.2) is 5.65 Å². The number of anilines is 1. The second-order valence-electron chi connectivity index (χ2n) is 7.69. The second-order valence-corrected chi connectivity index (χ2v) is 8.72. The summed E-state index contributed by atoms with van der Waals surface area (Å²) < 4.78 is 3.77. The predicted octanol–water partition coefficient (Wildman–Crippen LogP) is 4.02. The minimum absolute atomic E-state index is 0.156. The van der Waals surface area contributed by atoms with Crippen LogP contribution in [0.15, 0.2) is 36.0 Å². The topological polar surface area (TPSA) is 77.6 Å². The molecule has 1 saturated carbocycles. The van der Waals surface area contributed by atoms with Crippen LogP contribution in [0.25, 0.3) is 11.0 Å². The zero-order valence-corrected chi connectivity index (χ0v) is 17.2. The van der Waals surface area contributed by atoms with Gasteiger partial charge >= 0.3 is 0 Å². The molecule has 5 rings (SSSR count). The van der Waals surface area contributed by atoms with Crippen molar-refractivity contribution in [2.45, 2.75) is 39.8 Å². The van der Waals surface area contributed by atoms with Gasteiger partial charge in [-0.05, 0) is 50.1 Å². The Hall–Kier alpha value is -3.00. The van der Waals surface area contributed by atoms with Gasteiger partial charge in [0.1, 0.15) is 5.82 Å². The normalized spacial score (nSPS) is 13.9. The number of pyridine rings is 1. The van der Waals surface area contributed by atoms with Crippen LogP contribution in [0.3, 0.4) is 0 Å². The molecule has 1 aliphatic rings. The molecule has 0 bridgehead atoms. The van der Waals surface area contributed by atoms with E-state index in [1.807, 2.05) is 46.9 Å². The van der Waals surface area contributed by atoms with Crippen molar-refractivity contribution >= 4 is 34.1 Å². The first-order valence-electron chi connectivity index (χ1n) is 9.78. The molecule has 0 saturated heterocycles. The van der Waals surface area contributed by atoms with Crippen molar-refractivity contribution in [3.05, 3.63) is 57.7 Å². The van der Waals surface area contributed by atoms with Crippen LogP contribution in [0, 0.1) is 19.8 Å². The Morgan fingerprint density at radius 2 is 2.07 bits per heavy atom. The highest BCUT2D eigenvalue weighted by Crippen LogP contribution is 2.32. The van der Waals surface area contributed by atoms with Gasteiger partial charge in [-0.1, -0.05) is 6.07 Å². The molecule has 0 aliphatic heterocycles. The standard InChI is InChI=1S/C21H22N6OS/c1-13-9-22-26(11-15-5-6-15)19(13)25-21(28)17-8-14(2)24-20-18(17)10-23-27(20)12-16-4-3-7-29-16/h3-4,7-10,15H,5-6,11-12H2,1-2H3,(H,25,28). The van der Waals surface area contributed by atoms with Crippen LogP contribution in [0.4, 0.5) is 5.82 Å². The SMILES string of the molecule is Cc1cc(C(=O)Nc2c(C)cnn2CC2CC2)c2cnn(Cc3cccs3)c2n1. The number of hydrogen-bond acceptors (Lipinski definition) is 5. The van der Waals surface area contributed by atoms with Crippen molar-refractivity contribution in [3.63, 3.8) is 0 Å². The highest BCUT2D eigenvalue weighted by molar-refractivity contribution is 7.09. The molecule has 1 fully saturated rings. The van der Waals surface area contributed by atoms with E-state index in [9.17, 15) is 4.79 Å². The summed E-state index contributed by atoms with van der Waals surface area (Å²) in [5.74, 6) is 1.29. The van der Waals surface area contributed by atoms with Crippen LogP contribution in [-0.4, -0.2) is 30.5 Å². The van der Waals surface area contributed by atoms with Crippen LogP contribution in [-0.2, 0) is 13.1 Å². The zero-order chi connectivity index (χ0) is 20.0. The zero-order valence-electron chi connectivity index (χ0n) is 16.4. The molecule has 29 heavy (non-hydrogen) atoms. The number of fused-ring (bicyclic) bond motifs is 1. The molecule has 0 atom stereocenters. The van der Waals surface area contributed by atoms with E-state index in [-0.39, 0.29) is 5.91 Å². The summed E-state index contributed by atoms with van der Waals surface area (Å²) in [7, 11) is 0. The van der Waals surface area contributed by atoms with E-state index in [0.29, 0.717) is 18.0 Å². The maximum absolute atomic E-state index is 13.2. The molecule has 0 spiro atoms. The van der Waals surface area contributed by atoms with Gasteiger partial charge in [-0.3, -0.25) is 4.79 Å². The Morgan fingerprint density at radius 3 is 2.83 bits per heavy atom. The Balaban J connectivity index is 1.47. The van der Waals surface area contributed by atoms with Crippen LogP contribution >= 0.6 is 11.3 Å². The summed E-state index contributed by atoms with van der Waals surface area (Å²) in [4.78, 5) is 19.0. The Morgan fingerprint density at radius 1 is 1.24 bits per heavy atom. The Labute approximate surface area is 172 Å². The summed E-state index contributed by atoms with van der Waals surface area (Å²) in [5, 5.41) is 14.8. The third-order valence-corrected chi connectivity index (χ3v) is 6.11. The van der Waals surface area contributed by atoms with E-state index in [1.165, 1.54) is 17.7 Å². The molecule has 4 aromatic rings. The lowest BCUT2D eigenvalue weighted by molar-refractivity contribution is 0.102. The molecule has 0 unspecified atom stereocenters. The molecule has 4 aromatic heterocycles. The quantitative estimate of drug-likeness (QED) is 0.525. The number of nitrogens with zero attached hydrogens (tertiary/aromatic N) is 5. The fourth-order valence-corrected chi connectivity index (χ4v) is 4.21. The van der Waals surface area contributed by atoms with Gasteiger partial charge in [0.2, 0.25) is 0 Å². The summed E-state index contributed by atoms with van der Waals surface area (Å²) in [6.07, 6.45) is 6.02. The minimum Gasteiger partial charge on any atom is -0.307 e. The van der Waals surface area contributed by atoms with Crippen molar-refractivity contribution in [2.75, 3.05) is 5.32 Å². The van der Waals surface area contributed by atoms with Crippen LogP contribution in [0.2, 0.25) is 0 Å². The summed E-state index contributed by atoms with van der Waals surface area (Å²) in [6, 6.07) is 5.92. The monoisotopic (exact) mass is 406 g/mol. The fourth-order valence-electron chi connectivity index (χ4n) is 3.53. The molecular formula is C21H22N6OS. The Kier molecular flexibility index (Phi) is 4.43. The van der Waals surface area contributed by atoms with E-state index in [4.69, 9.17) is 0 Å². The Bertz CT molecular complexity index is 1190. The third-order valence-electron chi connectivity index (χ3n) is 5.25. The molecule has 1 aliphatic carbocycles. The van der Waals surface area contributed by atoms with Gasteiger partial charge in [-0.15, -0.1) is 11.3 Å². The van der Waals surface area contributed by atoms with E-state index in [2.05, 4.69) is 26.6 Å². The van der Waals surface area contributed by atoms with Gasteiger partial charge in [-0.2, -0.15) is 10.2 Å². The van der Waals surface area contributed by atoms with E-state index >= 15 is 0 Å². The van der Waals surface area contributed by atoms with Crippen molar-refractivity contribution in [1.29, 1.82) is 0 Å². The predicted molar refractivity (Wildman–Crippen MR) is 113 cm³/mol. The number of hydrogen-bond donors (Lipinski definition) is 1. The molecular weight excluding hydrogens is 384 g/mol. The summed E-state index contributed by atoms with van der Waals surface area (Å²) in [5.41, 5.74) is 3.07. The van der Waals surface area contributed by atoms with Crippen LogP contribution in [0.5, 0.6) is 0 Å². The van der Waals surface area contributed by atoms with E-state index in [1.54, 1.807) is 17.5 Å². The average Bonchev–Trinajstić information content (AvgIpc) is 3.06. The van der Waals surface area contributed by atoms with Crippen molar-refractivity contribution < 1.29 is 4.79 Å². The van der Waals surface area contributed by atoms with Crippen LogP contribution in [0.1, 0.15) is 39.3 Å². The maximum Gasteiger partial charge on any atom is 0.257 e. The van der Waals surface area contributed by atoms with Gasteiger partial charge in [-0.25, -0.2) is 14.3 Å². The lowest BCUT2D eigenvalue weighted by Gasteiger charge is -2.11. The highest BCUT2D eigenvalue weighted by atomic mass is 32.1. The first kappa shape index (κ1) is 18.1. The number of thiophene rings is 1. The van der Waals surface area contributed by atoms with Crippen molar-refractivity contribution in [2.24, 2.45) is 5.92 Å². The number of rotatable bonds is 6. The van der Waals surface area contributed by atoms with Gasteiger partial charge in [0, 0.05) is 22.7 Å². The molecule has 8 heteroatoms. The first-order valence-corrected chi connectivity index (χ1v) is 10.7. The second kappa shape index (κ2) is 7.11. The lowest BCUT2D eigenvalue weighted by Crippen LogP contribution is -2.18. The number of amides is 1. The molecule has 4 heterocycles. The molecule has 1 N–H and O–H groups in total. The fraction of sp³-hybridized carbons (Fsp3) is 0.333. The largest absolute Gasteiger partial charge is 0.307 e. The number of aromatic nitrogens is 5. The number of nitrogens with one attached hydrogen (secondary N) is 1. The third kappa shape index (κ3) is 3.55. The lowest BCUT2D eigenvalue weighted by atomic mass is 10.1. The van der Waals surface area contributed by atoms with E-state index in [0.717, 1.165) is 34.7 Å². The average molecular weight is 407 g/mol. The molecule has 0 aromatic carbocycles. The summed E-state index contributed by atoms with van der Waals surface area (Å²) >= 11 is 1.68. The molecule has 7 nitrogen and oxygen atoms in total. The van der Waals surface area contributed by atoms with E-state index < -0.39 is 0 Å². The van der Waals surface area contributed by atoms with Crippen LogP contribution < -0.4 is 5.32 Å². The summed E-state index contributed by atoms with van der Waals surface area (Å²) in [6.45, 7) is 5.37.